The van der Waals surface area contributed by atoms with Crippen LogP contribution in [-0.4, -0.2) is 42.6 Å². The average Bonchev–Trinajstić information content (AvgIpc) is 3.27. The van der Waals surface area contributed by atoms with Gasteiger partial charge in [-0.3, -0.25) is 4.98 Å². The zero-order valence-corrected chi connectivity index (χ0v) is 16.2. The molecule has 0 saturated carbocycles. The van der Waals surface area contributed by atoms with Gasteiger partial charge in [0.15, 0.2) is 5.82 Å². The number of pyridine rings is 1. The number of halogens is 2. The molecule has 7 nitrogen and oxygen atoms in total. The van der Waals surface area contributed by atoms with E-state index in [0.717, 1.165) is 44.0 Å². The van der Waals surface area contributed by atoms with Crippen molar-refractivity contribution in [2.24, 2.45) is 0 Å². The highest BCUT2D eigenvalue weighted by Crippen LogP contribution is 2.21. The lowest BCUT2D eigenvalue weighted by Gasteiger charge is -2.22. The van der Waals surface area contributed by atoms with E-state index in [1.54, 1.807) is 0 Å². The number of hydrogen-bond acceptors (Lipinski definition) is 5. The maximum absolute atomic E-state index is 4.49. The van der Waals surface area contributed by atoms with Crippen LogP contribution in [0.25, 0.3) is 11.5 Å². The Kier molecular flexibility index (Phi) is 7.14. The van der Waals surface area contributed by atoms with Crippen LogP contribution in [0.1, 0.15) is 30.0 Å². The van der Waals surface area contributed by atoms with Gasteiger partial charge in [0.2, 0.25) is 0 Å². The van der Waals surface area contributed by atoms with E-state index in [1.165, 1.54) is 11.1 Å². The Balaban J connectivity index is 0.00000121. The zero-order valence-electron chi connectivity index (χ0n) is 14.6. The van der Waals surface area contributed by atoms with Gasteiger partial charge in [-0.25, -0.2) is 9.67 Å². The zero-order chi connectivity index (χ0) is 16.4. The molecule has 1 aliphatic heterocycles. The van der Waals surface area contributed by atoms with E-state index >= 15 is 0 Å². The van der Waals surface area contributed by atoms with Crippen molar-refractivity contribution in [2.75, 3.05) is 13.1 Å². The van der Waals surface area contributed by atoms with Gasteiger partial charge in [-0.1, -0.05) is 5.21 Å². The van der Waals surface area contributed by atoms with Gasteiger partial charge in [0.1, 0.15) is 5.69 Å². The van der Waals surface area contributed by atoms with E-state index in [2.05, 4.69) is 37.1 Å². The standard InChI is InChI=1S/C17H21N7.2ClH/c1-13-10-19-5-2-14(13)11-23-9-8-20-17(23)16-12-24(22-21-16)15-3-6-18-7-4-15;;/h2,5,8-10,12,15,18H,3-4,6-7,11H2,1H3;2*1H. The number of aromatic nitrogens is 6. The molecule has 4 heterocycles. The van der Waals surface area contributed by atoms with Gasteiger partial charge in [-0.05, 0) is 50.0 Å². The van der Waals surface area contributed by atoms with Crippen LogP contribution in [0.5, 0.6) is 0 Å². The van der Waals surface area contributed by atoms with E-state index in [9.17, 15) is 0 Å². The van der Waals surface area contributed by atoms with E-state index < -0.39 is 0 Å². The fourth-order valence-electron chi connectivity index (χ4n) is 3.16. The Hall–Kier alpha value is -1.96. The quantitative estimate of drug-likeness (QED) is 0.734. The number of piperidine rings is 1. The molecule has 140 valence electrons. The maximum atomic E-state index is 4.49. The minimum atomic E-state index is 0. The van der Waals surface area contributed by atoms with Crippen molar-refractivity contribution in [3.63, 3.8) is 0 Å². The van der Waals surface area contributed by atoms with E-state index in [4.69, 9.17) is 0 Å². The van der Waals surface area contributed by atoms with Crippen LogP contribution in [0.3, 0.4) is 0 Å². The molecule has 0 radical (unpaired) electrons. The maximum Gasteiger partial charge on any atom is 0.162 e. The van der Waals surface area contributed by atoms with Crippen molar-refractivity contribution in [3.8, 4) is 11.5 Å². The lowest BCUT2D eigenvalue weighted by atomic mass is 10.1. The van der Waals surface area contributed by atoms with E-state index in [0.29, 0.717) is 6.04 Å². The monoisotopic (exact) mass is 395 g/mol. The fourth-order valence-corrected chi connectivity index (χ4v) is 3.16. The summed E-state index contributed by atoms with van der Waals surface area (Å²) in [6.45, 7) is 4.90. The third kappa shape index (κ3) is 4.23. The predicted octanol–water partition coefficient (Wildman–Crippen LogP) is 2.66. The molecule has 0 aromatic carbocycles. The molecular weight excluding hydrogens is 373 g/mol. The number of nitrogens with zero attached hydrogens (tertiary/aromatic N) is 6. The summed E-state index contributed by atoms with van der Waals surface area (Å²) < 4.78 is 4.10. The number of hydrogen-bond donors (Lipinski definition) is 1. The van der Waals surface area contributed by atoms with Crippen LogP contribution in [0.4, 0.5) is 0 Å². The molecular formula is C17H23Cl2N7. The Morgan fingerprint density at radius 2 is 2.00 bits per heavy atom. The molecule has 3 aromatic heterocycles. The first kappa shape index (κ1) is 20.4. The predicted molar refractivity (Wildman–Crippen MR) is 105 cm³/mol. The lowest BCUT2D eigenvalue weighted by Crippen LogP contribution is -2.29. The highest BCUT2D eigenvalue weighted by atomic mass is 35.5. The first-order chi connectivity index (χ1) is 11.8. The highest BCUT2D eigenvalue weighted by Gasteiger charge is 2.18. The second kappa shape index (κ2) is 9.12. The molecule has 0 atom stereocenters. The topological polar surface area (TPSA) is 73.5 Å². The van der Waals surface area contributed by atoms with E-state index in [1.807, 2.05) is 41.7 Å². The normalized spacial score (nSPS) is 14.5. The SMILES string of the molecule is Cc1cnccc1Cn1ccnc1-c1cn(C2CCNCC2)nn1.Cl.Cl. The first-order valence-electron chi connectivity index (χ1n) is 8.35. The van der Waals surface area contributed by atoms with Crippen molar-refractivity contribution in [1.29, 1.82) is 0 Å². The van der Waals surface area contributed by atoms with Crippen LogP contribution >= 0.6 is 24.8 Å². The van der Waals surface area contributed by atoms with Crippen LogP contribution in [0, 0.1) is 6.92 Å². The summed E-state index contributed by atoms with van der Waals surface area (Å²) in [6, 6.07) is 2.48. The molecule has 1 aliphatic rings. The van der Waals surface area contributed by atoms with Crippen molar-refractivity contribution in [1.82, 2.24) is 34.8 Å². The van der Waals surface area contributed by atoms with Gasteiger partial charge in [0.05, 0.1) is 12.2 Å². The summed E-state index contributed by atoms with van der Waals surface area (Å²) in [7, 11) is 0. The van der Waals surface area contributed by atoms with Gasteiger partial charge in [-0.15, -0.1) is 29.9 Å². The highest BCUT2D eigenvalue weighted by molar-refractivity contribution is 5.85. The molecule has 1 N–H and O–H groups in total. The third-order valence-electron chi connectivity index (χ3n) is 4.61. The molecule has 0 bridgehead atoms. The average molecular weight is 396 g/mol. The summed E-state index contributed by atoms with van der Waals surface area (Å²) in [5.74, 6) is 0.853. The lowest BCUT2D eigenvalue weighted by molar-refractivity contribution is 0.337. The van der Waals surface area contributed by atoms with Gasteiger partial charge >= 0.3 is 0 Å². The molecule has 3 aromatic rings. The number of nitrogens with one attached hydrogen (secondary N) is 1. The first-order valence-corrected chi connectivity index (χ1v) is 8.35. The van der Waals surface area contributed by atoms with Crippen LogP contribution < -0.4 is 5.32 Å². The second-order valence-corrected chi connectivity index (χ2v) is 6.25. The van der Waals surface area contributed by atoms with Crippen molar-refractivity contribution >= 4 is 24.8 Å². The van der Waals surface area contributed by atoms with Crippen LogP contribution in [-0.2, 0) is 6.54 Å². The third-order valence-corrected chi connectivity index (χ3v) is 4.61. The molecule has 0 amide bonds. The Bertz CT molecular complexity index is 824. The smallest absolute Gasteiger partial charge is 0.162 e. The van der Waals surface area contributed by atoms with Gasteiger partial charge < -0.3 is 9.88 Å². The molecule has 1 saturated heterocycles. The summed E-state index contributed by atoms with van der Waals surface area (Å²) >= 11 is 0. The largest absolute Gasteiger partial charge is 0.325 e. The van der Waals surface area contributed by atoms with Crippen LogP contribution in [0.15, 0.2) is 37.1 Å². The molecule has 0 aliphatic carbocycles. The summed E-state index contributed by atoms with van der Waals surface area (Å²) in [5, 5.41) is 12.1. The molecule has 9 heteroatoms. The molecule has 1 fully saturated rings. The van der Waals surface area contributed by atoms with Gasteiger partial charge in [0.25, 0.3) is 0 Å². The number of rotatable bonds is 4. The second-order valence-electron chi connectivity index (χ2n) is 6.25. The van der Waals surface area contributed by atoms with Gasteiger partial charge in [-0.2, -0.15) is 0 Å². The Labute approximate surface area is 165 Å². The Morgan fingerprint density at radius 3 is 2.77 bits per heavy atom. The van der Waals surface area contributed by atoms with Crippen molar-refractivity contribution < 1.29 is 0 Å². The van der Waals surface area contributed by atoms with E-state index in [-0.39, 0.29) is 24.8 Å². The number of imidazole rings is 1. The summed E-state index contributed by atoms with van der Waals surface area (Å²) in [4.78, 5) is 8.64. The summed E-state index contributed by atoms with van der Waals surface area (Å²) in [6.07, 6.45) is 11.7. The Morgan fingerprint density at radius 1 is 1.19 bits per heavy atom. The minimum absolute atomic E-state index is 0. The van der Waals surface area contributed by atoms with Crippen molar-refractivity contribution in [3.05, 3.63) is 48.2 Å². The van der Waals surface area contributed by atoms with Crippen LogP contribution in [0.2, 0.25) is 0 Å². The molecule has 4 rings (SSSR count). The molecule has 0 spiro atoms. The molecule has 26 heavy (non-hydrogen) atoms. The number of aryl methyl sites for hydroxylation is 1. The molecule has 0 unspecified atom stereocenters. The summed E-state index contributed by atoms with van der Waals surface area (Å²) in [5.41, 5.74) is 3.23. The van der Waals surface area contributed by atoms with Gasteiger partial charge in [0, 0.05) is 31.3 Å². The van der Waals surface area contributed by atoms with Crippen molar-refractivity contribution in [2.45, 2.75) is 32.4 Å². The fraction of sp³-hybridized carbons (Fsp3) is 0.412. The minimum Gasteiger partial charge on any atom is -0.325 e.